The molecule has 1 saturated carbocycles. The number of hydrogen-bond donors (Lipinski definition) is 2. The maximum atomic E-state index is 12.5. The van der Waals surface area contributed by atoms with E-state index in [9.17, 15) is 14.7 Å². The molecular weight excluding hydrogens is 256 g/mol. The number of carbonyl (C=O) groups is 2. The Morgan fingerprint density at radius 3 is 2.40 bits per heavy atom. The summed E-state index contributed by atoms with van der Waals surface area (Å²) in [6, 6.07) is 0. The largest absolute Gasteiger partial charge is 0.481 e. The molecule has 114 valence electrons. The third-order valence-corrected chi connectivity index (χ3v) is 5.33. The molecule has 1 unspecified atom stereocenters. The van der Waals surface area contributed by atoms with Crippen LogP contribution in [-0.4, -0.2) is 41.5 Å². The van der Waals surface area contributed by atoms with E-state index in [-0.39, 0.29) is 11.8 Å². The zero-order valence-electron chi connectivity index (χ0n) is 12.3. The monoisotopic (exact) mass is 282 g/mol. The van der Waals surface area contributed by atoms with Crippen LogP contribution in [0.15, 0.2) is 0 Å². The van der Waals surface area contributed by atoms with Gasteiger partial charge in [-0.25, -0.2) is 0 Å². The number of nitrogens with zero attached hydrogens (tertiary/aromatic N) is 1. The SMILES string of the molecule is CCC1(C(=O)O)CCN(C(=O)C2CCC(CN)CC2)C1. The van der Waals surface area contributed by atoms with Crippen molar-refractivity contribution in [3.63, 3.8) is 0 Å². The smallest absolute Gasteiger partial charge is 0.311 e. The Kier molecular flexibility index (Phi) is 4.68. The standard InChI is InChI=1S/C15H26N2O3/c1-2-15(14(19)20)7-8-17(10-15)13(18)12-5-3-11(9-16)4-6-12/h11-12H,2-10,16H2,1H3,(H,19,20). The summed E-state index contributed by atoms with van der Waals surface area (Å²) in [6.07, 6.45) is 5.04. The summed E-state index contributed by atoms with van der Waals surface area (Å²) in [6.45, 7) is 3.58. The highest BCUT2D eigenvalue weighted by Gasteiger charge is 2.45. The first-order chi connectivity index (χ1) is 9.52. The first-order valence-electron chi connectivity index (χ1n) is 7.74. The Morgan fingerprint density at radius 2 is 1.95 bits per heavy atom. The summed E-state index contributed by atoms with van der Waals surface area (Å²) in [5.41, 5.74) is 4.96. The normalized spacial score (nSPS) is 34.2. The van der Waals surface area contributed by atoms with Gasteiger partial charge < -0.3 is 15.7 Å². The molecule has 1 aliphatic heterocycles. The molecule has 1 atom stereocenters. The Hall–Kier alpha value is -1.10. The Bertz CT molecular complexity index is 377. The van der Waals surface area contributed by atoms with Gasteiger partial charge in [0.15, 0.2) is 0 Å². The quantitative estimate of drug-likeness (QED) is 0.817. The molecule has 0 spiro atoms. The van der Waals surface area contributed by atoms with Gasteiger partial charge in [0.05, 0.1) is 5.41 Å². The molecule has 3 N–H and O–H groups in total. The van der Waals surface area contributed by atoms with Crippen LogP contribution in [0.5, 0.6) is 0 Å². The number of aliphatic carboxylic acids is 1. The molecule has 1 saturated heterocycles. The maximum Gasteiger partial charge on any atom is 0.311 e. The summed E-state index contributed by atoms with van der Waals surface area (Å²) >= 11 is 0. The Morgan fingerprint density at radius 1 is 1.30 bits per heavy atom. The van der Waals surface area contributed by atoms with Gasteiger partial charge in [-0.1, -0.05) is 6.92 Å². The van der Waals surface area contributed by atoms with Crippen LogP contribution in [-0.2, 0) is 9.59 Å². The van der Waals surface area contributed by atoms with Crippen LogP contribution in [0.3, 0.4) is 0 Å². The van der Waals surface area contributed by atoms with E-state index in [1.165, 1.54) is 0 Å². The average molecular weight is 282 g/mol. The van der Waals surface area contributed by atoms with Crippen molar-refractivity contribution in [1.82, 2.24) is 4.90 Å². The minimum absolute atomic E-state index is 0.0826. The topological polar surface area (TPSA) is 83.6 Å². The summed E-state index contributed by atoms with van der Waals surface area (Å²) in [5.74, 6) is 0.0461. The van der Waals surface area contributed by atoms with E-state index in [1.807, 2.05) is 6.92 Å². The zero-order valence-corrected chi connectivity index (χ0v) is 12.3. The zero-order chi connectivity index (χ0) is 14.8. The molecule has 2 fully saturated rings. The molecule has 0 aromatic heterocycles. The van der Waals surface area contributed by atoms with Gasteiger partial charge in [-0.3, -0.25) is 9.59 Å². The lowest BCUT2D eigenvalue weighted by Crippen LogP contribution is -2.40. The Balaban J connectivity index is 1.93. The van der Waals surface area contributed by atoms with Crippen molar-refractivity contribution in [2.75, 3.05) is 19.6 Å². The van der Waals surface area contributed by atoms with Crippen molar-refractivity contribution in [2.24, 2.45) is 23.0 Å². The molecule has 1 amide bonds. The number of likely N-dealkylation sites (tertiary alicyclic amines) is 1. The van der Waals surface area contributed by atoms with Crippen LogP contribution in [0, 0.1) is 17.3 Å². The van der Waals surface area contributed by atoms with Gasteiger partial charge in [0.1, 0.15) is 0 Å². The van der Waals surface area contributed by atoms with Crippen molar-refractivity contribution in [2.45, 2.75) is 45.4 Å². The number of rotatable bonds is 4. The third kappa shape index (κ3) is 2.82. The van der Waals surface area contributed by atoms with Crippen LogP contribution < -0.4 is 5.73 Å². The second kappa shape index (κ2) is 6.12. The van der Waals surface area contributed by atoms with Crippen LogP contribution in [0.2, 0.25) is 0 Å². The van der Waals surface area contributed by atoms with E-state index in [4.69, 9.17) is 5.73 Å². The molecule has 0 radical (unpaired) electrons. The number of carboxylic acid groups (broad SMARTS) is 1. The van der Waals surface area contributed by atoms with Gasteiger partial charge in [-0.2, -0.15) is 0 Å². The molecular formula is C15H26N2O3. The van der Waals surface area contributed by atoms with E-state index in [0.717, 1.165) is 25.7 Å². The number of hydrogen-bond acceptors (Lipinski definition) is 3. The molecule has 1 aliphatic carbocycles. The molecule has 2 rings (SSSR count). The lowest BCUT2D eigenvalue weighted by atomic mass is 9.81. The minimum atomic E-state index is -0.762. The second-order valence-electron chi connectivity index (χ2n) is 6.40. The van der Waals surface area contributed by atoms with Crippen molar-refractivity contribution in [3.8, 4) is 0 Å². The molecule has 1 heterocycles. The predicted octanol–water partition coefficient (Wildman–Crippen LogP) is 1.46. The second-order valence-corrected chi connectivity index (χ2v) is 6.40. The number of carbonyl (C=O) groups excluding carboxylic acids is 1. The third-order valence-electron chi connectivity index (χ3n) is 5.33. The summed E-state index contributed by atoms with van der Waals surface area (Å²) in [4.78, 5) is 25.7. The van der Waals surface area contributed by atoms with Gasteiger partial charge in [0, 0.05) is 19.0 Å². The summed E-state index contributed by atoms with van der Waals surface area (Å²) in [5, 5.41) is 9.39. The van der Waals surface area contributed by atoms with Crippen molar-refractivity contribution < 1.29 is 14.7 Å². The van der Waals surface area contributed by atoms with Crippen molar-refractivity contribution in [1.29, 1.82) is 0 Å². The fourth-order valence-electron chi connectivity index (χ4n) is 3.58. The summed E-state index contributed by atoms with van der Waals surface area (Å²) < 4.78 is 0. The van der Waals surface area contributed by atoms with Crippen LogP contribution in [0.25, 0.3) is 0 Å². The first kappa shape index (κ1) is 15.3. The molecule has 5 heteroatoms. The highest BCUT2D eigenvalue weighted by atomic mass is 16.4. The van der Waals surface area contributed by atoms with Crippen molar-refractivity contribution in [3.05, 3.63) is 0 Å². The van der Waals surface area contributed by atoms with E-state index < -0.39 is 11.4 Å². The molecule has 0 bridgehead atoms. The molecule has 0 aromatic rings. The predicted molar refractivity (Wildman–Crippen MR) is 76.1 cm³/mol. The lowest BCUT2D eigenvalue weighted by molar-refractivity contribution is -0.149. The van der Waals surface area contributed by atoms with E-state index in [1.54, 1.807) is 4.90 Å². The average Bonchev–Trinajstić information content (AvgIpc) is 2.92. The van der Waals surface area contributed by atoms with Gasteiger partial charge in [0.25, 0.3) is 0 Å². The van der Waals surface area contributed by atoms with E-state index in [0.29, 0.717) is 38.4 Å². The molecule has 2 aliphatic rings. The van der Waals surface area contributed by atoms with Crippen LogP contribution in [0.1, 0.15) is 45.4 Å². The molecule has 5 nitrogen and oxygen atoms in total. The van der Waals surface area contributed by atoms with Gasteiger partial charge in [-0.15, -0.1) is 0 Å². The Labute approximate surface area is 120 Å². The van der Waals surface area contributed by atoms with Crippen molar-refractivity contribution >= 4 is 11.9 Å². The van der Waals surface area contributed by atoms with Gasteiger partial charge in [-0.05, 0) is 51.0 Å². The van der Waals surface area contributed by atoms with E-state index >= 15 is 0 Å². The highest BCUT2D eigenvalue weighted by Crippen LogP contribution is 2.37. The number of amides is 1. The first-order valence-corrected chi connectivity index (χ1v) is 7.74. The number of nitrogens with two attached hydrogens (primary N) is 1. The van der Waals surface area contributed by atoms with Crippen LogP contribution >= 0.6 is 0 Å². The van der Waals surface area contributed by atoms with E-state index in [2.05, 4.69) is 0 Å². The molecule has 20 heavy (non-hydrogen) atoms. The number of carboxylic acids is 1. The van der Waals surface area contributed by atoms with Crippen LogP contribution in [0.4, 0.5) is 0 Å². The maximum absolute atomic E-state index is 12.5. The lowest BCUT2D eigenvalue weighted by Gasteiger charge is -2.30. The fraction of sp³-hybridized carbons (Fsp3) is 0.867. The summed E-state index contributed by atoms with van der Waals surface area (Å²) in [7, 11) is 0. The highest BCUT2D eigenvalue weighted by molar-refractivity contribution is 5.82. The minimum Gasteiger partial charge on any atom is -0.481 e. The van der Waals surface area contributed by atoms with Gasteiger partial charge in [0.2, 0.25) is 5.91 Å². The molecule has 0 aromatic carbocycles. The van der Waals surface area contributed by atoms with Gasteiger partial charge >= 0.3 is 5.97 Å². The fourth-order valence-corrected chi connectivity index (χ4v) is 3.58.